The van der Waals surface area contributed by atoms with Gasteiger partial charge < -0.3 is 4.90 Å². The van der Waals surface area contributed by atoms with Crippen molar-refractivity contribution in [3.63, 3.8) is 0 Å². The monoisotopic (exact) mass is 327 g/mol. The number of rotatable bonds is 2. The summed E-state index contributed by atoms with van der Waals surface area (Å²) in [4.78, 5) is 14.8. The number of hydrogen-bond acceptors (Lipinski definition) is 1. The van der Waals surface area contributed by atoms with E-state index in [9.17, 15) is 4.79 Å². The maximum atomic E-state index is 13.0. The molecule has 1 heterocycles. The summed E-state index contributed by atoms with van der Waals surface area (Å²) in [6, 6.07) is 27.1. The lowest BCUT2D eigenvalue weighted by Crippen LogP contribution is -2.31. The molecule has 1 amide bonds. The quantitative estimate of drug-likeness (QED) is 0.678. The topological polar surface area (TPSA) is 20.3 Å². The Labute approximate surface area is 148 Å². The summed E-state index contributed by atoms with van der Waals surface area (Å²) in [7, 11) is 1.90. The third-order valence-electron chi connectivity index (χ3n) is 5.06. The molecule has 0 saturated carbocycles. The number of carbonyl (C=O) groups excluding carboxylic acids is 1. The number of likely N-dealkylation sites (N-methyl/N-ethyl adjacent to an activating group) is 1. The molecular formula is C23H21NO. The third kappa shape index (κ3) is 2.96. The van der Waals surface area contributed by atoms with Gasteiger partial charge in [0.05, 0.1) is 5.92 Å². The van der Waals surface area contributed by atoms with Crippen LogP contribution in [0, 0.1) is 0 Å². The van der Waals surface area contributed by atoms with Gasteiger partial charge >= 0.3 is 0 Å². The zero-order chi connectivity index (χ0) is 17.2. The number of benzene rings is 3. The Morgan fingerprint density at radius 2 is 1.44 bits per heavy atom. The molecule has 0 saturated heterocycles. The van der Waals surface area contributed by atoms with Crippen molar-refractivity contribution in [3.8, 4) is 11.1 Å². The van der Waals surface area contributed by atoms with Crippen molar-refractivity contribution in [3.05, 3.63) is 95.6 Å². The van der Waals surface area contributed by atoms with E-state index in [-0.39, 0.29) is 11.8 Å². The van der Waals surface area contributed by atoms with Gasteiger partial charge in [0.1, 0.15) is 0 Å². The van der Waals surface area contributed by atoms with Crippen LogP contribution in [0.4, 0.5) is 0 Å². The first-order valence-corrected chi connectivity index (χ1v) is 8.72. The first-order chi connectivity index (χ1) is 12.2. The van der Waals surface area contributed by atoms with Crippen LogP contribution in [-0.4, -0.2) is 24.4 Å². The normalized spacial score (nSPS) is 17.1. The molecule has 1 aliphatic rings. The standard InChI is InChI=1S/C23H21NO/c1-24-16-15-19-9-5-6-10-21(19)22(23(24)25)20-13-11-18(12-14-20)17-7-3-2-4-8-17/h2-14,22H,15-16H2,1H3/t22-/m0/s1. The highest BCUT2D eigenvalue weighted by molar-refractivity contribution is 5.88. The molecule has 0 spiro atoms. The molecule has 3 aromatic carbocycles. The van der Waals surface area contributed by atoms with E-state index >= 15 is 0 Å². The van der Waals surface area contributed by atoms with Crippen LogP contribution in [0.2, 0.25) is 0 Å². The summed E-state index contributed by atoms with van der Waals surface area (Å²) < 4.78 is 0. The average Bonchev–Trinajstić information content (AvgIpc) is 2.80. The molecule has 25 heavy (non-hydrogen) atoms. The maximum Gasteiger partial charge on any atom is 0.234 e. The van der Waals surface area contributed by atoms with Gasteiger partial charge in [0.25, 0.3) is 0 Å². The number of amides is 1. The van der Waals surface area contributed by atoms with Crippen LogP contribution in [-0.2, 0) is 11.2 Å². The Morgan fingerprint density at radius 3 is 2.20 bits per heavy atom. The average molecular weight is 327 g/mol. The molecule has 0 fully saturated rings. The molecule has 1 aliphatic heterocycles. The number of carbonyl (C=O) groups is 1. The van der Waals surface area contributed by atoms with E-state index in [0.29, 0.717) is 0 Å². The molecule has 0 aromatic heterocycles. The molecular weight excluding hydrogens is 306 g/mol. The second-order valence-electron chi connectivity index (χ2n) is 6.63. The van der Waals surface area contributed by atoms with Gasteiger partial charge in [-0.15, -0.1) is 0 Å². The Balaban J connectivity index is 1.76. The van der Waals surface area contributed by atoms with Crippen LogP contribution in [0.5, 0.6) is 0 Å². The van der Waals surface area contributed by atoms with E-state index in [2.05, 4.69) is 54.6 Å². The van der Waals surface area contributed by atoms with Crippen molar-refractivity contribution < 1.29 is 4.79 Å². The largest absolute Gasteiger partial charge is 0.345 e. The van der Waals surface area contributed by atoms with E-state index < -0.39 is 0 Å². The van der Waals surface area contributed by atoms with Crippen LogP contribution in [0.1, 0.15) is 22.6 Å². The molecule has 2 nitrogen and oxygen atoms in total. The zero-order valence-corrected chi connectivity index (χ0v) is 14.4. The number of fused-ring (bicyclic) bond motifs is 1. The Hall–Kier alpha value is -2.87. The molecule has 4 rings (SSSR count). The highest BCUT2D eigenvalue weighted by atomic mass is 16.2. The molecule has 0 aliphatic carbocycles. The Morgan fingerprint density at radius 1 is 0.800 bits per heavy atom. The molecule has 1 atom stereocenters. The lowest BCUT2D eigenvalue weighted by atomic mass is 9.87. The van der Waals surface area contributed by atoms with Crippen LogP contribution in [0.25, 0.3) is 11.1 Å². The van der Waals surface area contributed by atoms with E-state index in [1.807, 2.05) is 36.2 Å². The second kappa shape index (κ2) is 6.56. The van der Waals surface area contributed by atoms with E-state index in [1.165, 1.54) is 16.7 Å². The highest BCUT2D eigenvalue weighted by Gasteiger charge is 2.30. The molecule has 2 heteroatoms. The van der Waals surface area contributed by atoms with Crippen molar-refractivity contribution in [2.24, 2.45) is 0 Å². The first kappa shape index (κ1) is 15.6. The van der Waals surface area contributed by atoms with Crippen molar-refractivity contribution in [1.82, 2.24) is 4.90 Å². The summed E-state index contributed by atoms with van der Waals surface area (Å²) in [6.07, 6.45) is 0.914. The van der Waals surface area contributed by atoms with E-state index in [0.717, 1.165) is 24.1 Å². The van der Waals surface area contributed by atoms with Crippen molar-refractivity contribution in [2.75, 3.05) is 13.6 Å². The predicted octanol–water partition coefficient (Wildman–Crippen LogP) is 4.50. The van der Waals surface area contributed by atoms with Gasteiger partial charge in [-0.1, -0.05) is 78.9 Å². The van der Waals surface area contributed by atoms with Crippen LogP contribution in [0.3, 0.4) is 0 Å². The molecule has 0 unspecified atom stereocenters. The van der Waals surface area contributed by atoms with Gasteiger partial charge in [-0.3, -0.25) is 4.79 Å². The smallest absolute Gasteiger partial charge is 0.234 e. The van der Waals surface area contributed by atoms with E-state index in [4.69, 9.17) is 0 Å². The van der Waals surface area contributed by atoms with E-state index in [1.54, 1.807) is 0 Å². The van der Waals surface area contributed by atoms with Gasteiger partial charge in [-0.2, -0.15) is 0 Å². The summed E-state index contributed by atoms with van der Waals surface area (Å²) in [5.41, 5.74) is 5.85. The van der Waals surface area contributed by atoms with Crippen LogP contribution < -0.4 is 0 Å². The fourth-order valence-electron chi connectivity index (χ4n) is 3.62. The predicted molar refractivity (Wildman–Crippen MR) is 102 cm³/mol. The van der Waals surface area contributed by atoms with Crippen molar-refractivity contribution in [2.45, 2.75) is 12.3 Å². The summed E-state index contributed by atoms with van der Waals surface area (Å²) in [6.45, 7) is 0.772. The SMILES string of the molecule is CN1CCc2ccccc2[C@H](c2ccc(-c3ccccc3)cc2)C1=O. The minimum atomic E-state index is -0.214. The number of nitrogens with zero attached hydrogens (tertiary/aromatic N) is 1. The highest BCUT2D eigenvalue weighted by Crippen LogP contribution is 2.33. The molecule has 3 aromatic rings. The first-order valence-electron chi connectivity index (χ1n) is 8.72. The second-order valence-corrected chi connectivity index (χ2v) is 6.63. The van der Waals surface area contributed by atoms with Gasteiger partial charge in [0.2, 0.25) is 5.91 Å². The summed E-state index contributed by atoms with van der Waals surface area (Å²) >= 11 is 0. The van der Waals surface area contributed by atoms with Crippen LogP contribution in [0.15, 0.2) is 78.9 Å². The summed E-state index contributed by atoms with van der Waals surface area (Å²) in [5, 5.41) is 0. The fraction of sp³-hybridized carbons (Fsp3) is 0.174. The maximum absolute atomic E-state index is 13.0. The molecule has 0 N–H and O–H groups in total. The van der Waals surface area contributed by atoms with Crippen molar-refractivity contribution >= 4 is 5.91 Å². The van der Waals surface area contributed by atoms with Gasteiger partial charge in [0, 0.05) is 13.6 Å². The lowest BCUT2D eigenvalue weighted by Gasteiger charge is -2.21. The Kier molecular flexibility index (Phi) is 4.10. The zero-order valence-electron chi connectivity index (χ0n) is 14.4. The van der Waals surface area contributed by atoms with Gasteiger partial charge in [0.15, 0.2) is 0 Å². The Bertz CT molecular complexity index is 883. The number of hydrogen-bond donors (Lipinski definition) is 0. The van der Waals surface area contributed by atoms with Crippen LogP contribution >= 0.6 is 0 Å². The fourth-order valence-corrected chi connectivity index (χ4v) is 3.62. The minimum Gasteiger partial charge on any atom is -0.345 e. The summed E-state index contributed by atoms with van der Waals surface area (Å²) in [5.74, 6) is -0.0362. The molecule has 124 valence electrons. The third-order valence-corrected chi connectivity index (χ3v) is 5.06. The van der Waals surface area contributed by atoms with Gasteiger partial charge in [-0.25, -0.2) is 0 Å². The van der Waals surface area contributed by atoms with Gasteiger partial charge in [-0.05, 0) is 34.2 Å². The molecule has 0 bridgehead atoms. The van der Waals surface area contributed by atoms with Crippen molar-refractivity contribution in [1.29, 1.82) is 0 Å². The lowest BCUT2D eigenvalue weighted by molar-refractivity contribution is -0.130. The molecule has 0 radical (unpaired) electrons. The minimum absolute atomic E-state index is 0.178.